The molecule has 124 valence electrons. The smallest absolute Gasteiger partial charge is 0.416 e. The van der Waals surface area contributed by atoms with Gasteiger partial charge in [-0.2, -0.15) is 0 Å². The van der Waals surface area contributed by atoms with E-state index in [-0.39, 0.29) is 11.4 Å². The van der Waals surface area contributed by atoms with Crippen molar-refractivity contribution in [1.82, 2.24) is 0 Å². The molecule has 1 aromatic rings. The fourth-order valence-electron chi connectivity index (χ4n) is 2.06. The Balaban J connectivity index is 2.21. The van der Waals surface area contributed by atoms with Gasteiger partial charge in [-0.05, 0) is 52.2 Å². The number of hydrogen-bond acceptors (Lipinski definition) is 4. The van der Waals surface area contributed by atoms with Crippen molar-refractivity contribution in [3.63, 3.8) is 0 Å². The van der Waals surface area contributed by atoms with Gasteiger partial charge in [0.05, 0.1) is 22.6 Å². The van der Waals surface area contributed by atoms with Gasteiger partial charge in [0, 0.05) is 0 Å². The first kappa shape index (κ1) is 17.5. The monoisotopic (exact) mass is 321 g/mol. The molecule has 1 aliphatic rings. The van der Waals surface area contributed by atoms with Gasteiger partial charge >= 0.3 is 13.2 Å². The number of benzene rings is 1. The lowest BCUT2D eigenvalue weighted by Gasteiger charge is -2.32. The molecule has 1 saturated heterocycles. The van der Waals surface area contributed by atoms with Crippen LogP contribution in [-0.2, 0) is 14.0 Å². The molecule has 1 aromatic carbocycles. The minimum atomic E-state index is -0.803. The summed E-state index contributed by atoms with van der Waals surface area (Å²) in [5.74, 6) is -0.367. The van der Waals surface area contributed by atoms with Gasteiger partial charge < -0.3 is 14.0 Å². The Kier molecular flexibility index (Phi) is 4.55. The lowest BCUT2D eigenvalue weighted by atomic mass is 9.79. The average molecular weight is 321 g/mol. The van der Waals surface area contributed by atoms with Crippen molar-refractivity contribution >= 4 is 24.4 Å². The second-order valence-corrected chi connectivity index (χ2v) is 6.54. The quantitative estimate of drug-likeness (QED) is 0.686. The molecule has 1 aliphatic heterocycles. The zero-order valence-corrected chi connectivity index (χ0v) is 14.0. The van der Waals surface area contributed by atoms with Gasteiger partial charge in [0.15, 0.2) is 0 Å². The highest BCUT2D eigenvalue weighted by Crippen LogP contribution is 2.36. The SMILES string of the molecule is C=C(C)OC(=O)Nc1cc(B2OC(C)(C)C(C)(C)O2)ccc1F. The van der Waals surface area contributed by atoms with Crippen molar-refractivity contribution in [3.8, 4) is 0 Å². The highest BCUT2D eigenvalue weighted by Gasteiger charge is 2.51. The Morgan fingerprint density at radius 2 is 1.83 bits per heavy atom. The molecule has 0 saturated carbocycles. The van der Waals surface area contributed by atoms with Crippen molar-refractivity contribution in [3.05, 3.63) is 36.4 Å². The van der Waals surface area contributed by atoms with Crippen LogP contribution in [0.5, 0.6) is 0 Å². The van der Waals surface area contributed by atoms with Crippen molar-refractivity contribution < 1.29 is 23.2 Å². The average Bonchev–Trinajstić information content (AvgIpc) is 2.60. The molecule has 2 rings (SSSR count). The summed E-state index contributed by atoms with van der Waals surface area (Å²) in [7, 11) is -0.640. The lowest BCUT2D eigenvalue weighted by Crippen LogP contribution is -2.41. The van der Waals surface area contributed by atoms with Gasteiger partial charge in [-0.15, -0.1) is 0 Å². The molecule has 0 bridgehead atoms. The van der Waals surface area contributed by atoms with Crippen molar-refractivity contribution in [2.75, 3.05) is 5.32 Å². The second-order valence-electron chi connectivity index (χ2n) is 6.54. The number of carbonyl (C=O) groups is 1. The molecule has 0 aliphatic carbocycles. The maximum atomic E-state index is 13.9. The van der Waals surface area contributed by atoms with Gasteiger partial charge in [-0.25, -0.2) is 9.18 Å². The van der Waals surface area contributed by atoms with E-state index in [0.29, 0.717) is 5.46 Å². The largest absolute Gasteiger partial charge is 0.494 e. The van der Waals surface area contributed by atoms with E-state index in [1.807, 2.05) is 27.7 Å². The summed E-state index contributed by atoms with van der Waals surface area (Å²) >= 11 is 0. The third kappa shape index (κ3) is 3.73. The molecule has 0 aromatic heterocycles. The van der Waals surface area contributed by atoms with Crippen LogP contribution in [0.4, 0.5) is 14.9 Å². The standard InChI is InChI=1S/C16H21BFNO4/c1-10(2)21-14(20)19-13-9-11(7-8-12(13)18)17-22-15(3,4)16(5,6)23-17/h7-9H,1H2,2-6H3,(H,19,20). The zero-order chi connectivity index (χ0) is 17.4. The Morgan fingerprint density at radius 1 is 1.26 bits per heavy atom. The van der Waals surface area contributed by atoms with E-state index in [0.717, 1.165) is 0 Å². The minimum absolute atomic E-state index is 0.0107. The summed E-state index contributed by atoms with van der Waals surface area (Å²) in [6, 6.07) is 4.28. The number of anilines is 1. The predicted octanol–water partition coefficient (Wildman–Crippen LogP) is 3.21. The maximum Gasteiger partial charge on any atom is 0.494 e. The highest BCUT2D eigenvalue weighted by molar-refractivity contribution is 6.62. The van der Waals surface area contributed by atoms with Crippen LogP contribution in [0.3, 0.4) is 0 Å². The Hall–Kier alpha value is -1.86. The molecular formula is C16H21BFNO4. The van der Waals surface area contributed by atoms with Gasteiger partial charge in [0.25, 0.3) is 0 Å². The van der Waals surface area contributed by atoms with E-state index in [2.05, 4.69) is 11.9 Å². The molecular weight excluding hydrogens is 300 g/mol. The first-order chi connectivity index (χ1) is 10.5. The Bertz CT molecular complexity index is 629. The number of rotatable bonds is 3. The van der Waals surface area contributed by atoms with E-state index in [1.165, 1.54) is 19.1 Å². The summed E-state index contributed by atoms with van der Waals surface area (Å²) in [6.45, 7) is 12.7. The maximum absolute atomic E-state index is 13.9. The highest BCUT2D eigenvalue weighted by atomic mass is 19.1. The number of carbonyl (C=O) groups excluding carboxylic acids is 1. The van der Waals surface area contributed by atoms with Crippen LogP contribution < -0.4 is 10.8 Å². The predicted molar refractivity (Wildman–Crippen MR) is 87.0 cm³/mol. The molecule has 1 N–H and O–H groups in total. The van der Waals surface area contributed by atoms with Crippen molar-refractivity contribution in [2.24, 2.45) is 0 Å². The third-order valence-corrected chi connectivity index (χ3v) is 4.02. The Labute approximate surface area is 135 Å². The fraction of sp³-hybridized carbons (Fsp3) is 0.438. The minimum Gasteiger partial charge on any atom is -0.416 e. The molecule has 1 heterocycles. The van der Waals surface area contributed by atoms with Crippen LogP contribution in [0, 0.1) is 5.82 Å². The van der Waals surface area contributed by atoms with Crippen LogP contribution in [0.25, 0.3) is 0 Å². The van der Waals surface area contributed by atoms with Crippen LogP contribution in [0.2, 0.25) is 0 Å². The van der Waals surface area contributed by atoms with Crippen molar-refractivity contribution in [2.45, 2.75) is 45.8 Å². The molecule has 1 fully saturated rings. The molecule has 0 spiro atoms. The van der Waals surface area contributed by atoms with Crippen LogP contribution >= 0.6 is 0 Å². The van der Waals surface area contributed by atoms with E-state index in [4.69, 9.17) is 14.0 Å². The molecule has 0 atom stereocenters. The van der Waals surface area contributed by atoms with Gasteiger partial charge in [0.1, 0.15) is 5.82 Å². The van der Waals surface area contributed by atoms with Crippen LogP contribution in [0.15, 0.2) is 30.5 Å². The third-order valence-electron chi connectivity index (χ3n) is 4.02. The second kappa shape index (κ2) is 5.98. The van der Waals surface area contributed by atoms with Gasteiger partial charge in [-0.1, -0.05) is 12.6 Å². The molecule has 1 amide bonds. The molecule has 0 unspecified atom stereocenters. The summed E-state index contributed by atoms with van der Waals surface area (Å²) in [4.78, 5) is 11.6. The van der Waals surface area contributed by atoms with Crippen LogP contribution in [0.1, 0.15) is 34.6 Å². The van der Waals surface area contributed by atoms with E-state index >= 15 is 0 Å². The van der Waals surface area contributed by atoms with Gasteiger partial charge in [0.2, 0.25) is 0 Å². The molecule has 5 nitrogen and oxygen atoms in total. The lowest BCUT2D eigenvalue weighted by molar-refractivity contribution is 0.00578. The number of hydrogen-bond donors (Lipinski definition) is 1. The fourth-order valence-corrected chi connectivity index (χ4v) is 2.06. The Morgan fingerprint density at radius 3 is 2.35 bits per heavy atom. The van der Waals surface area contributed by atoms with Crippen LogP contribution in [-0.4, -0.2) is 24.4 Å². The zero-order valence-electron chi connectivity index (χ0n) is 14.0. The normalized spacial score (nSPS) is 18.6. The number of allylic oxidation sites excluding steroid dienone is 1. The number of nitrogens with one attached hydrogen (secondary N) is 1. The van der Waals surface area contributed by atoms with Gasteiger partial charge in [-0.3, -0.25) is 5.32 Å². The number of halogens is 1. The summed E-state index contributed by atoms with van der Waals surface area (Å²) in [5, 5.41) is 2.34. The first-order valence-corrected chi connectivity index (χ1v) is 7.31. The van der Waals surface area contributed by atoms with E-state index in [9.17, 15) is 9.18 Å². The molecule has 23 heavy (non-hydrogen) atoms. The number of amides is 1. The number of ether oxygens (including phenoxy) is 1. The van der Waals surface area contributed by atoms with E-state index in [1.54, 1.807) is 6.07 Å². The van der Waals surface area contributed by atoms with Crippen molar-refractivity contribution in [1.29, 1.82) is 0 Å². The summed E-state index contributed by atoms with van der Waals surface area (Å²) < 4.78 is 30.5. The van der Waals surface area contributed by atoms with E-state index < -0.39 is 30.2 Å². The summed E-state index contributed by atoms with van der Waals surface area (Å²) in [5.41, 5.74) is -0.406. The molecule has 7 heteroatoms. The first-order valence-electron chi connectivity index (χ1n) is 7.31. The summed E-state index contributed by atoms with van der Waals surface area (Å²) in [6.07, 6.45) is -0.803. The topological polar surface area (TPSA) is 56.8 Å². The molecule has 0 radical (unpaired) electrons.